The Labute approximate surface area is 178 Å². The van der Waals surface area contributed by atoms with Crippen molar-refractivity contribution in [2.24, 2.45) is 0 Å². The number of halogens is 1. The Morgan fingerprint density at radius 2 is 2.10 bits per heavy atom. The molecule has 0 radical (unpaired) electrons. The van der Waals surface area contributed by atoms with Crippen LogP contribution in [0.4, 0.5) is 0 Å². The first-order chi connectivity index (χ1) is 14.6. The van der Waals surface area contributed by atoms with Crippen molar-refractivity contribution in [3.05, 3.63) is 64.8 Å². The van der Waals surface area contributed by atoms with Crippen LogP contribution in [0.5, 0.6) is 5.75 Å². The van der Waals surface area contributed by atoms with Crippen LogP contribution in [0.1, 0.15) is 28.4 Å². The number of ether oxygens (including phenoxy) is 2. The van der Waals surface area contributed by atoms with Gasteiger partial charge in [-0.1, -0.05) is 24.3 Å². The fourth-order valence-corrected chi connectivity index (χ4v) is 4.85. The van der Waals surface area contributed by atoms with Crippen molar-refractivity contribution >= 4 is 34.4 Å². The zero-order valence-corrected chi connectivity index (χ0v) is 17.2. The number of nitrogens with zero attached hydrogens (tertiary/aromatic N) is 1. The molecule has 2 aromatic carbocycles. The van der Waals surface area contributed by atoms with Crippen molar-refractivity contribution in [2.45, 2.75) is 24.9 Å². The number of carbonyl (C=O) groups is 2. The molecule has 0 fully saturated rings. The Hall–Kier alpha value is -2.99. The smallest absolute Gasteiger partial charge is 0.328 e. The van der Waals surface area contributed by atoms with E-state index in [4.69, 9.17) is 21.1 Å². The highest BCUT2D eigenvalue weighted by Gasteiger charge is 2.44. The molecule has 6 nitrogen and oxygen atoms in total. The Bertz CT molecular complexity index is 1160. The molecule has 3 aromatic rings. The van der Waals surface area contributed by atoms with Gasteiger partial charge in [0.15, 0.2) is 0 Å². The molecule has 5 rings (SSSR count). The molecule has 1 aromatic heterocycles. The van der Waals surface area contributed by atoms with Crippen molar-refractivity contribution < 1.29 is 19.1 Å². The van der Waals surface area contributed by atoms with Crippen molar-refractivity contribution in [3.63, 3.8) is 0 Å². The first kappa shape index (κ1) is 19.0. The van der Waals surface area contributed by atoms with Crippen LogP contribution in [0.2, 0.25) is 0 Å². The maximum atomic E-state index is 13.0. The lowest BCUT2D eigenvalue weighted by molar-refractivity contribution is -0.154. The van der Waals surface area contributed by atoms with E-state index in [9.17, 15) is 9.59 Å². The van der Waals surface area contributed by atoms with Gasteiger partial charge in [-0.05, 0) is 34.9 Å². The fourth-order valence-electron chi connectivity index (χ4n) is 4.71. The third-order valence-electron chi connectivity index (χ3n) is 6.04. The van der Waals surface area contributed by atoms with Gasteiger partial charge >= 0.3 is 5.97 Å². The molecule has 0 spiro atoms. The van der Waals surface area contributed by atoms with Gasteiger partial charge in [-0.15, -0.1) is 11.6 Å². The van der Waals surface area contributed by atoms with E-state index in [0.29, 0.717) is 13.0 Å². The minimum absolute atomic E-state index is 0.215. The van der Waals surface area contributed by atoms with Gasteiger partial charge in [0, 0.05) is 29.4 Å². The van der Waals surface area contributed by atoms with E-state index in [1.54, 1.807) is 4.90 Å². The number of esters is 1. The second kappa shape index (κ2) is 7.36. The number of rotatable bonds is 3. The number of alkyl halides is 1. The average molecular weight is 425 g/mol. The molecule has 0 bridgehead atoms. The molecular formula is C23H21ClN2O4. The number of hydrogen-bond acceptors (Lipinski definition) is 4. The number of aromatic amines is 1. The highest BCUT2D eigenvalue weighted by atomic mass is 35.5. The molecule has 0 unspecified atom stereocenters. The van der Waals surface area contributed by atoms with Crippen LogP contribution in [0.15, 0.2) is 42.5 Å². The number of aromatic nitrogens is 1. The molecule has 154 valence electrons. The SMILES string of the molecule is COC(=O)[C@H]1Cc2c([nH]c3ccccc23)[C@@H](c2ccc3c(c2)CCO3)N1C(=O)CCl. The normalized spacial score (nSPS) is 19.9. The van der Waals surface area contributed by atoms with Crippen molar-refractivity contribution in [1.82, 2.24) is 9.88 Å². The van der Waals surface area contributed by atoms with Gasteiger partial charge in [0.25, 0.3) is 0 Å². The number of nitrogens with one attached hydrogen (secondary N) is 1. The molecule has 7 heteroatoms. The summed E-state index contributed by atoms with van der Waals surface area (Å²) in [5, 5.41) is 1.05. The molecule has 0 saturated carbocycles. The van der Waals surface area contributed by atoms with E-state index in [2.05, 4.69) is 11.1 Å². The lowest BCUT2D eigenvalue weighted by Crippen LogP contribution is -2.52. The standard InChI is InChI=1S/C23H21ClN2O4/c1-29-23(28)18-11-16-15-4-2-3-5-17(15)25-21(16)22(26(18)20(27)12-24)14-6-7-19-13(10-14)8-9-30-19/h2-7,10,18,22,25H,8-9,11-12H2,1H3/t18-,22-/m1/s1. The molecule has 0 aliphatic carbocycles. The highest BCUT2D eigenvalue weighted by molar-refractivity contribution is 6.27. The Balaban J connectivity index is 1.75. The van der Waals surface area contributed by atoms with E-state index < -0.39 is 18.1 Å². The second-order valence-corrected chi connectivity index (χ2v) is 7.88. The summed E-state index contributed by atoms with van der Waals surface area (Å²) >= 11 is 5.98. The fraction of sp³-hybridized carbons (Fsp3) is 0.304. The van der Waals surface area contributed by atoms with Gasteiger partial charge in [0.05, 0.1) is 19.8 Å². The quantitative estimate of drug-likeness (QED) is 0.517. The first-order valence-electron chi connectivity index (χ1n) is 9.92. The Kier molecular flexibility index (Phi) is 4.66. The van der Waals surface area contributed by atoms with Gasteiger partial charge in [-0.2, -0.15) is 0 Å². The zero-order valence-electron chi connectivity index (χ0n) is 16.5. The summed E-state index contributed by atoms with van der Waals surface area (Å²) in [4.78, 5) is 30.8. The average Bonchev–Trinajstić information content (AvgIpc) is 3.40. The number of methoxy groups -OCH3 is 1. The largest absolute Gasteiger partial charge is 0.493 e. The summed E-state index contributed by atoms with van der Waals surface area (Å²) in [6, 6.07) is 12.7. The van der Waals surface area contributed by atoms with Crippen LogP contribution >= 0.6 is 11.6 Å². The lowest BCUT2D eigenvalue weighted by Gasteiger charge is -2.40. The maximum Gasteiger partial charge on any atom is 0.328 e. The number of amides is 1. The minimum atomic E-state index is -0.748. The molecule has 2 atom stereocenters. The first-order valence-corrected chi connectivity index (χ1v) is 10.5. The number of H-pyrrole nitrogens is 1. The molecule has 3 heterocycles. The van der Waals surface area contributed by atoms with E-state index in [-0.39, 0.29) is 11.8 Å². The molecule has 0 saturated heterocycles. The van der Waals surface area contributed by atoms with Crippen LogP contribution in [0.25, 0.3) is 10.9 Å². The maximum absolute atomic E-state index is 13.0. The predicted molar refractivity (Wildman–Crippen MR) is 113 cm³/mol. The van der Waals surface area contributed by atoms with E-state index in [1.165, 1.54) is 7.11 Å². The summed E-state index contributed by atoms with van der Waals surface area (Å²) < 4.78 is 10.7. The van der Waals surface area contributed by atoms with E-state index in [0.717, 1.165) is 45.5 Å². The van der Waals surface area contributed by atoms with Crippen LogP contribution in [-0.2, 0) is 27.2 Å². The highest BCUT2D eigenvalue weighted by Crippen LogP contribution is 2.42. The van der Waals surface area contributed by atoms with Gasteiger partial charge in [-0.25, -0.2) is 4.79 Å². The van der Waals surface area contributed by atoms with Crippen molar-refractivity contribution in [1.29, 1.82) is 0 Å². The number of benzene rings is 2. The van der Waals surface area contributed by atoms with Crippen LogP contribution in [0, 0.1) is 0 Å². The predicted octanol–water partition coefficient (Wildman–Crippen LogP) is 3.36. The lowest BCUT2D eigenvalue weighted by atomic mass is 9.87. The number of fused-ring (bicyclic) bond motifs is 4. The van der Waals surface area contributed by atoms with E-state index in [1.807, 2.05) is 36.4 Å². The van der Waals surface area contributed by atoms with Crippen molar-refractivity contribution in [2.75, 3.05) is 19.6 Å². The van der Waals surface area contributed by atoms with Crippen LogP contribution in [0.3, 0.4) is 0 Å². The molecule has 2 aliphatic heterocycles. The summed E-state index contributed by atoms with van der Waals surface area (Å²) in [6.45, 7) is 0.649. The van der Waals surface area contributed by atoms with Crippen molar-refractivity contribution in [3.8, 4) is 5.75 Å². The Morgan fingerprint density at radius 1 is 1.27 bits per heavy atom. The molecule has 30 heavy (non-hydrogen) atoms. The summed E-state index contributed by atoms with van der Waals surface area (Å²) in [5.41, 5.74) is 4.93. The summed E-state index contributed by atoms with van der Waals surface area (Å²) in [6.07, 6.45) is 1.19. The second-order valence-electron chi connectivity index (χ2n) is 7.61. The number of para-hydroxylation sites is 1. The third-order valence-corrected chi connectivity index (χ3v) is 6.26. The minimum Gasteiger partial charge on any atom is -0.493 e. The molecule has 1 amide bonds. The van der Waals surface area contributed by atoms with Crippen LogP contribution in [-0.4, -0.2) is 47.4 Å². The summed E-state index contributed by atoms with van der Waals surface area (Å²) in [5.74, 6) is -0.101. The topological polar surface area (TPSA) is 71.6 Å². The number of hydrogen-bond donors (Lipinski definition) is 1. The number of carbonyl (C=O) groups excluding carboxylic acids is 2. The molecule has 2 aliphatic rings. The van der Waals surface area contributed by atoms with Gasteiger partial charge in [0.1, 0.15) is 17.7 Å². The summed E-state index contributed by atoms with van der Waals surface area (Å²) in [7, 11) is 1.35. The monoisotopic (exact) mass is 424 g/mol. The van der Waals surface area contributed by atoms with E-state index >= 15 is 0 Å². The molecular weight excluding hydrogens is 404 g/mol. The molecule has 1 N–H and O–H groups in total. The Morgan fingerprint density at radius 3 is 2.90 bits per heavy atom. The van der Waals surface area contributed by atoms with Gasteiger partial charge in [-0.3, -0.25) is 4.79 Å². The third kappa shape index (κ3) is 2.86. The zero-order chi connectivity index (χ0) is 20.8. The van der Waals surface area contributed by atoms with Gasteiger partial charge in [0.2, 0.25) is 5.91 Å². The van der Waals surface area contributed by atoms with Crippen LogP contribution < -0.4 is 4.74 Å². The van der Waals surface area contributed by atoms with Gasteiger partial charge < -0.3 is 19.4 Å².